The maximum Gasteiger partial charge on any atom is 0.267 e. The molecular weight excluding hydrogens is 209 g/mol. The normalized spacial score (nSPS) is 10.4. The summed E-state index contributed by atoms with van der Waals surface area (Å²) in [7, 11) is 0. The fraction of sp³-hybridized carbons (Fsp3) is 0.182. The first-order valence-corrected chi connectivity index (χ1v) is 4.76. The molecule has 0 aliphatic rings. The summed E-state index contributed by atoms with van der Waals surface area (Å²) in [6, 6.07) is 1.33. The van der Waals surface area contributed by atoms with Crippen molar-refractivity contribution in [2.24, 2.45) is 0 Å². The maximum absolute atomic E-state index is 13.0. The van der Waals surface area contributed by atoms with Crippen molar-refractivity contribution in [3.8, 4) is 11.3 Å². The summed E-state index contributed by atoms with van der Waals surface area (Å²) in [6.45, 7) is 3.48. The van der Waals surface area contributed by atoms with Crippen LogP contribution in [0.25, 0.3) is 11.3 Å². The number of nitrogens with one attached hydrogen (secondary N) is 1. The van der Waals surface area contributed by atoms with Crippen molar-refractivity contribution >= 4 is 0 Å². The Kier molecular flexibility index (Phi) is 2.52. The van der Waals surface area contributed by atoms with Gasteiger partial charge in [0.1, 0.15) is 5.82 Å². The van der Waals surface area contributed by atoms with Gasteiger partial charge in [0.2, 0.25) is 0 Å². The molecule has 2 heterocycles. The molecule has 0 atom stereocenters. The van der Waals surface area contributed by atoms with Crippen molar-refractivity contribution in [1.29, 1.82) is 0 Å². The Labute approximate surface area is 91.2 Å². The van der Waals surface area contributed by atoms with Gasteiger partial charge in [0, 0.05) is 17.3 Å². The molecule has 0 saturated carbocycles. The molecule has 2 rings (SSSR count). The number of hydrogen-bond donors (Lipinski definition) is 1. The van der Waals surface area contributed by atoms with Crippen molar-refractivity contribution in [2.75, 3.05) is 0 Å². The van der Waals surface area contributed by atoms with Crippen molar-refractivity contribution in [3.63, 3.8) is 0 Å². The smallest absolute Gasteiger partial charge is 0.267 e. The average molecular weight is 219 g/mol. The Morgan fingerprint density at radius 3 is 2.69 bits per heavy atom. The van der Waals surface area contributed by atoms with Gasteiger partial charge in [0.25, 0.3) is 5.56 Å². The fourth-order valence-corrected chi connectivity index (χ4v) is 1.44. The number of aromatic amines is 1. The second kappa shape index (κ2) is 3.84. The van der Waals surface area contributed by atoms with E-state index in [9.17, 15) is 9.18 Å². The topological polar surface area (TPSA) is 58.6 Å². The SMILES string of the molecule is Cc1c(-c2cncc(F)c2)n[nH]c(=O)c1C. The van der Waals surface area contributed by atoms with E-state index in [2.05, 4.69) is 15.2 Å². The van der Waals surface area contributed by atoms with Crippen LogP contribution in [0.3, 0.4) is 0 Å². The lowest BCUT2D eigenvalue weighted by molar-refractivity contribution is 0.622. The minimum atomic E-state index is -0.428. The van der Waals surface area contributed by atoms with Gasteiger partial charge in [-0.2, -0.15) is 5.10 Å². The molecule has 0 aliphatic heterocycles. The molecule has 2 aromatic rings. The van der Waals surface area contributed by atoms with Gasteiger partial charge in [-0.1, -0.05) is 0 Å². The van der Waals surface area contributed by atoms with Gasteiger partial charge in [0.05, 0.1) is 11.9 Å². The number of H-pyrrole nitrogens is 1. The van der Waals surface area contributed by atoms with E-state index >= 15 is 0 Å². The number of pyridine rings is 1. The Morgan fingerprint density at radius 1 is 1.25 bits per heavy atom. The first kappa shape index (κ1) is 10.5. The molecule has 0 aromatic carbocycles. The minimum Gasteiger partial charge on any atom is -0.268 e. The lowest BCUT2D eigenvalue weighted by Gasteiger charge is -2.05. The van der Waals surface area contributed by atoms with Crippen molar-refractivity contribution in [2.45, 2.75) is 13.8 Å². The molecule has 5 heteroatoms. The highest BCUT2D eigenvalue weighted by Gasteiger charge is 2.09. The lowest BCUT2D eigenvalue weighted by atomic mass is 10.1. The van der Waals surface area contributed by atoms with Crippen LogP contribution in [0.2, 0.25) is 0 Å². The number of halogens is 1. The molecule has 16 heavy (non-hydrogen) atoms. The van der Waals surface area contributed by atoms with Crippen LogP contribution in [0.15, 0.2) is 23.3 Å². The van der Waals surface area contributed by atoms with Crippen molar-refractivity contribution < 1.29 is 4.39 Å². The van der Waals surface area contributed by atoms with E-state index in [1.807, 2.05) is 0 Å². The van der Waals surface area contributed by atoms with Crippen LogP contribution >= 0.6 is 0 Å². The largest absolute Gasteiger partial charge is 0.268 e. The van der Waals surface area contributed by atoms with Gasteiger partial charge in [-0.05, 0) is 25.5 Å². The molecule has 0 amide bonds. The zero-order chi connectivity index (χ0) is 11.7. The summed E-state index contributed by atoms with van der Waals surface area (Å²) < 4.78 is 13.0. The van der Waals surface area contributed by atoms with Gasteiger partial charge in [-0.3, -0.25) is 9.78 Å². The molecule has 0 bridgehead atoms. The summed E-state index contributed by atoms with van der Waals surface area (Å²) in [5.41, 5.74) is 2.18. The molecule has 0 radical (unpaired) electrons. The zero-order valence-electron chi connectivity index (χ0n) is 8.91. The van der Waals surface area contributed by atoms with Crippen LogP contribution in [0.5, 0.6) is 0 Å². The summed E-state index contributed by atoms with van der Waals surface area (Å²) in [4.78, 5) is 15.0. The highest BCUT2D eigenvalue weighted by atomic mass is 19.1. The van der Waals surface area contributed by atoms with Crippen LogP contribution in [0.4, 0.5) is 4.39 Å². The van der Waals surface area contributed by atoms with Gasteiger partial charge in [-0.15, -0.1) is 0 Å². The summed E-state index contributed by atoms with van der Waals surface area (Å²) in [5, 5.41) is 6.28. The Bertz CT molecular complexity index is 592. The number of rotatable bonds is 1. The minimum absolute atomic E-state index is 0.231. The van der Waals surface area contributed by atoms with Gasteiger partial charge < -0.3 is 0 Å². The molecular formula is C11H10FN3O. The standard InChI is InChI=1S/C11H10FN3O/c1-6-7(2)11(16)15-14-10(6)8-3-9(12)5-13-4-8/h3-5H,1-2H3,(H,15,16). The van der Waals surface area contributed by atoms with Gasteiger partial charge in [-0.25, -0.2) is 9.49 Å². The molecule has 0 fully saturated rings. The molecule has 1 N–H and O–H groups in total. The molecule has 0 aliphatic carbocycles. The Balaban J connectivity index is 2.66. The van der Waals surface area contributed by atoms with E-state index in [-0.39, 0.29) is 5.56 Å². The molecule has 0 unspecified atom stereocenters. The predicted octanol–water partition coefficient (Wildman–Crippen LogP) is 1.59. The second-order valence-corrected chi connectivity index (χ2v) is 3.54. The predicted molar refractivity (Wildman–Crippen MR) is 57.5 cm³/mol. The van der Waals surface area contributed by atoms with E-state index < -0.39 is 5.82 Å². The van der Waals surface area contributed by atoms with E-state index in [1.54, 1.807) is 13.8 Å². The lowest BCUT2D eigenvalue weighted by Crippen LogP contribution is -2.14. The van der Waals surface area contributed by atoms with Gasteiger partial charge >= 0.3 is 0 Å². The zero-order valence-corrected chi connectivity index (χ0v) is 8.91. The van der Waals surface area contributed by atoms with Crippen LogP contribution in [-0.2, 0) is 0 Å². The molecule has 82 valence electrons. The highest BCUT2D eigenvalue weighted by molar-refractivity contribution is 5.62. The second-order valence-electron chi connectivity index (χ2n) is 3.54. The monoisotopic (exact) mass is 219 g/mol. The van der Waals surface area contributed by atoms with E-state index in [0.717, 1.165) is 11.8 Å². The Hall–Kier alpha value is -2.04. The Morgan fingerprint density at radius 2 is 2.00 bits per heavy atom. The molecule has 0 saturated heterocycles. The van der Waals surface area contributed by atoms with Crippen molar-refractivity contribution in [3.05, 3.63) is 45.8 Å². The van der Waals surface area contributed by atoms with E-state index in [1.165, 1.54) is 12.3 Å². The first-order chi connectivity index (χ1) is 7.59. The quantitative estimate of drug-likeness (QED) is 0.792. The first-order valence-electron chi connectivity index (χ1n) is 4.76. The maximum atomic E-state index is 13.0. The van der Waals surface area contributed by atoms with Crippen LogP contribution in [-0.4, -0.2) is 15.2 Å². The van der Waals surface area contributed by atoms with Crippen LogP contribution < -0.4 is 5.56 Å². The van der Waals surface area contributed by atoms with Crippen molar-refractivity contribution in [1.82, 2.24) is 15.2 Å². The number of aromatic nitrogens is 3. The highest BCUT2D eigenvalue weighted by Crippen LogP contribution is 2.20. The average Bonchev–Trinajstić information content (AvgIpc) is 2.26. The van der Waals surface area contributed by atoms with E-state index in [0.29, 0.717) is 16.8 Å². The summed E-state index contributed by atoms with van der Waals surface area (Å²) in [5.74, 6) is -0.428. The van der Waals surface area contributed by atoms with Crippen LogP contribution in [0.1, 0.15) is 11.1 Å². The van der Waals surface area contributed by atoms with E-state index in [4.69, 9.17) is 0 Å². The summed E-state index contributed by atoms with van der Waals surface area (Å²) in [6.07, 6.45) is 2.63. The molecule has 4 nitrogen and oxygen atoms in total. The number of hydrogen-bond acceptors (Lipinski definition) is 3. The summed E-state index contributed by atoms with van der Waals surface area (Å²) >= 11 is 0. The molecule has 0 spiro atoms. The fourth-order valence-electron chi connectivity index (χ4n) is 1.44. The third-order valence-corrected chi connectivity index (χ3v) is 2.51. The third-order valence-electron chi connectivity index (χ3n) is 2.51. The van der Waals surface area contributed by atoms with Crippen LogP contribution in [0, 0.1) is 19.7 Å². The van der Waals surface area contributed by atoms with Gasteiger partial charge in [0.15, 0.2) is 0 Å². The number of nitrogens with zero attached hydrogens (tertiary/aromatic N) is 2. The third kappa shape index (κ3) is 1.71. The molecule has 2 aromatic heterocycles.